The number of imidazole rings is 1. The van der Waals surface area contributed by atoms with Gasteiger partial charge in [0.15, 0.2) is 0 Å². The van der Waals surface area contributed by atoms with Gasteiger partial charge in [0.05, 0.1) is 12.0 Å². The summed E-state index contributed by atoms with van der Waals surface area (Å²) in [6.45, 7) is 0. The summed E-state index contributed by atoms with van der Waals surface area (Å²) in [5, 5.41) is 0.721. The topological polar surface area (TPSA) is 31.0 Å². The first-order chi connectivity index (χ1) is 8.33. The molecule has 3 rings (SSSR count). The van der Waals surface area contributed by atoms with Crippen LogP contribution in [0, 0.1) is 0 Å². The van der Waals surface area contributed by atoms with Crippen molar-refractivity contribution in [2.75, 3.05) is 0 Å². The maximum atomic E-state index is 5.84. The van der Waals surface area contributed by atoms with Crippen molar-refractivity contribution in [1.82, 2.24) is 9.55 Å². The van der Waals surface area contributed by atoms with Gasteiger partial charge in [0.2, 0.25) is 5.88 Å². The van der Waals surface area contributed by atoms with Crippen molar-refractivity contribution < 1.29 is 4.42 Å². The molecule has 4 heteroatoms. The molecule has 0 radical (unpaired) electrons. The molecule has 0 atom stereocenters. The first-order valence-electron chi connectivity index (χ1n) is 5.17. The van der Waals surface area contributed by atoms with E-state index in [1.54, 1.807) is 12.6 Å². The third-order valence-electron chi connectivity index (χ3n) is 2.48. The molecule has 0 unspecified atom stereocenters. The zero-order valence-corrected chi connectivity index (χ0v) is 9.63. The van der Waals surface area contributed by atoms with Crippen LogP contribution < -0.4 is 0 Å². The van der Waals surface area contributed by atoms with Gasteiger partial charge in [-0.05, 0) is 18.2 Å². The summed E-state index contributed by atoms with van der Waals surface area (Å²) in [4.78, 5) is 4.33. The first-order valence-corrected chi connectivity index (χ1v) is 5.54. The number of rotatable bonds is 2. The van der Waals surface area contributed by atoms with E-state index in [1.807, 2.05) is 47.2 Å². The SMILES string of the molecule is Clc1ccc(-c2cn(-c3ccco3)cn2)cc1. The molecule has 0 fully saturated rings. The van der Waals surface area contributed by atoms with E-state index in [0.29, 0.717) is 0 Å². The zero-order valence-electron chi connectivity index (χ0n) is 8.88. The van der Waals surface area contributed by atoms with Gasteiger partial charge in [-0.15, -0.1) is 0 Å². The van der Waals surface area contributed by atoms with Crippen molar-refractivity contribution in [3.05, 3.63) is 60.2 Å². The van der Waals surface area contributed by atoms with Gasteiger partial charge in [-0.2, -0.15) is 0 Å². The number of aromatic nitrogens is 2. The quantitative estimate of drug-likeness (QED) is 0.687. The number of halogens is 1. The highest BCUT2D eigenvalue weighted by Gasteiger charge is 2.04. The highest BCUT2D eigenvalue weighted by atomic mass is 35.5. The lowest BCUT2D eigenvalue weighted by atomic mass is 10.2. The van der Waals surface area contributed by atoms with Gasteiger partial charge in [-0.1, -0.05) is 23.7 Å². The molecule has 2 heterocycles. The lowest BCUT2D eigenvalue weighted by Crippen LogP contribution is -1.84. The Bertz CT molecular complexity index is 611. The second kappa shape index (κ2) is 4.11. The molecule has 0 saturated carbocycles. The van der Waals surface area contributed by atoms with Gasteiger partial charge in [-0.3, -0.25) is 4.57 Å². The Morgan fingerprint density at radius 2 is 1.94 bits per heavy atom. The highest BCUT2D eigenvalue weighted by Crippen LogP contribution is 2.21. The first kappa shape index (κ1) is 10.2. The van der Waals surface area contributed by atoms with Crippen molar-refractivity contribution in [1.29, 1.82) is 0 Å². The van der Waals surface area contributed by atoms with Gasteiger partial charge in [0, 0.05) is 22.8 Å². The Balaban J connectivity index is 1.98. The third-order valence-corrected chi connectivity index (χ3v) is 2.74. The van der Waals surface area contributed by atoms with Crippen LogP contribution in [0.25, 0.3) is 17.1 Å². The van der Waals surface area contributed by atoms with E-state index in [2.05, 4.69) is 4.98 Å². The van der Waals surface area contributed by atoms with Crippen molar-refractivity contribution in [2.45, 2.75) is 0 Å². The molecule has 0 aliphatic heterocycles. The molecule has 0 N–H and O–H groups in total. The van der Waals surface area contributed by atoms with Gasteiger partial charge in [-0.25, -0.2) is 4.98 Å². The Hall–Kier alpha value is -2.00. The molecule has 0 aliphatic carbocycles. The predicted octanol–water partition coefficient (Wildman–Crippen LogP) is 3.79. The maximum Gasteiger partial charge on any atom is 0.204 e. The third kappa shape index (κ3) is 1.97. The van der Waals surface area contributed by atoms with E-state index in [1.165, 1.54) is 0 Å². The van der Waals surface area contributed by atoms with Crippen molar-refractivity contribution >= 4 is 11.6 Å². The Kier molecular flexibility index (Phi) is 2.46. The fourth-order valence-corrected chi connectivity index (χ4v) is 1.76. The number of hydrogen-bond donors (Lipinski definition) is 0. The summed E-state index contributed by atoms with van der Waals surface area (Å²) in [5.41, 5.74) is 1.91. The van der Waals surface area contributed by atoms with Crippen LogP contribution in [-0.4, -0.2) is 9.55 Å². The van der Waals surface area contributed by atoms with E-state index >= 15 is 0 Å². The average molecular weight is 245 g/mol. The molecule has 17 heavy (non-hydrogen) atoms. The van der Waals surface area contributed by atoms with Crippen molar-refractivity contribution in [3.63, 3.8) is 0 Å². The summed E-state index contributed by atoms with van der Waals surface area (Å²) in [7, 11) is 0. The van der Waals surface area contributed by atoms with Crippen LogP contribution in [0.15, 0.2) is 59.6 Å². The minimum absolute atomic E-state index is 0.721. The molecule has 1 aromatic carbocycles. The summed E-state index contributed by atoms with van der Waals surface area (Å²) in [6.07, 6.45) is 5.28. The fourth-order valence-electron chi connectivity index (χ4n) is 1.63. The molecule has 0 saturated heterocycles. The van der Waals surface area contributed by atoms with Crippen LogP contribution in [-0.2, 0) is 0 Å². The van der Waals surface area contributed by atoms with Crippen molar-refractivity contribution in [2.24, 2.45) is 0 Å². The second-order valence-corrected chi connectivity index (χ2v) is 4.06. The largest absolute Gasteiger partial charge is 0.448 e. The summed E-state index contributed by atoms with van der Waals surface area (Å²) < 4.78 is 7.13. The number of benzene rings is 1. The smallest absolute Gasteiger partial charge is 0.204 e. The molecule has 0 aliphatic rings. The normalized spacial score (nSPS) is 10.6. The second-order valence-electron chi connectivity index (χ2n) is 3.62. The summed E-state index contributed by atoms with van der Waals surface area (Å²) in [6, 6.07) is 11.3. The van der Waals surface area contributed by atoms with E-state index < -0.39 is 0 Å². The standard InChI is InChI=1S/C13H9ClN2O/c14-11-5-3-10(4-6-11)12-8-16(9-15-12)13-2-1-7-17-13/h1-9H. The Morgan fingerprint density at radius 3 is 2.65 bits per heavy atom. The molecule has 3 nitrogen and oxygen atoms in total. The molecule has 2 aromatic heterocycles. The van der Waals surface area contributed by atoms with E-state index in [-0.39, 0.29) is 0 Å². The van der Waals surface area contributed by atoms with Gasteiger partial charge >= 0.3 is 0 Å². The van der Waals surface area contributed by atoms with Crippen LogP contribution in [0.3, 0.4) is 0 Å². The van der Waals surface area contributed by atoms with Gasteiger partial charge in [0.25, 0.3) is 0 Å². The Morgan fingerprint density at radius 1 is 1.12 bits per heavy atom. The highest BCUT2D eigenvalue weighted by molar-refractivity contribution is 6.30. The predicted molar refractivity (Wildman–Crippen MR) is 66.3 cm³/mol. The molecule has 84 valence electrons. The van der Waals surface area contributed by atoms with Crippen LogP contribution in [0.2, 0.25) is 5.02 Å². The molecule has 0 amide bonds. The van der Waals surface area contributed by atoms with Crippen molar-refractivity contribution in [3.8, 4) is 17.1 Å². The fraction of sp³-hybridized carbons (Fsp3) is 0. The molecule has 3 aromatic rings. The summed E-state index contributed by atoms with van der Waals surface area (Å²) in [5.74, 6) is 0.748. The van der Waals surface area contributed by atoms with Crippen LogP contribution in [0.4, 0.5) is 0 Å². The molecular formula is C13H9ClN2O. The summed E-state index contributed by atoms with van der Waals surface area (Å²) >= 11 is 5.84. The zero-order chi connectivity index (χ0) is 11.7. The molecule has 0 spiro atoms. The van der Waals surface area contributed by atoms with Gasteiger partial charge < -0.3 is 4.42 Å². The average Bonchev–Trinajstić information content (AvgIpc) is 3.00. The van der Waals surface area contributed by atoms with E-state index in [4.69, 9.17) is 16.0 Å². The minimum Gasteiger partial charge on any atom is -0.448 e. The lowest BCUT2D eigenvalue weighted by molar-refractivity contribution is 0.538. The number of furan rings is 1. The van der Waals surface area contributed by atoms with E-state index in [9.17, 15) is 0 Å². The maximum absolute atomic E-state index is 5.84. The Labute approximate surface area is 103 Å². The van der Waals surface area contributed by atoms with Crippen LogP contribution in [0.5, 0.6) is 0 Å². The molecular weight excluding hydrogens is 236 g/mol. The lowest BCUT2D eigenvalue weighted by Gasteiger charge is -1.96. The minimum atomic E-state index is 0.721. The number of hydrogen-bond acceptors (Lipinski definition) is 2. The monoisotopic (exact) mass is 244 g/mol. The van der Waals surface area contributed by atoms with Crippen LogP contribution in [0.1, 0.15) is 0 Å². The van der Waals surface area contributed by atoms with Crippen LogP contribution >= 0.6 is 11.6 Å². The van der Waals surface area contributed by atoms with E-state index in [0.717, 1.165) is 22.2 Å². The molecule has 0 bridgehead atoms. The van der Waals surface area contributed by atoms with Gasteiger partial charge in [0.1, 0.15) is 6.33 Å². The number of nitrogens with zero attached hydrogens (tertiary/aromatic N) is 2.